The molecule has 1 saturated heterocycles. The molecule has 0 spiro atoms. The fraction of sp³-hybridized carbons (Fsp3) is 0.571. The van der Waals surface area contributed by atoms with Crippen molar-refractivity contribution < 1.29 is 0 Å². The summed E-state index contributed by atoms with van der Waals surface area (Å²) in [7, 11) is 0. The van der Waals surface area contributed by atoms with Gasteiger partial charge in [-0.25, -0.2) is 0 Å². The predicted octanol–water partition coefficient (Wildman–Crippen LogP) is 3.62. The molecule has 1 heterocycles. The maximum atomic E-state index is 2.57. The van der Waals surface area contributed by atoms with Gasteiger partial charge in [0, 0.05) is 18.3 Å². The van der Waals surface area contributed by atoms with Gasteiger partial charge in [0.05, 0.1) is 0 Å². The molecule has 0 aliphatic carbocycles. The van der Waals surface area contributed by atoms with Gasteiger partial charge in [0.15, 0.2) is 0 Å². The zero-order chi connectivity index (χ0) is 10.8. The lowest BCUT2D eigenvalue weighted by molar-refractivity contribution is 0.492. The summed E-state index contributed by atoms with van der Waals surface area (Å²) >= 11 is 0. The number of benzene rings is 1. The summed E-state index contributed by atoms with van der Waals surface area (Å²) < 4.78 is 0. The second-order valence-electron chi connectivity index (χ2n) is 4.98. The molecule has 1 aromatic rings. The van der Waals surface area contributed by atoms with Crippen LogP contribution >= 0.6 is 0 Å². The van der Waals surface area contributed by atoms with Crippen molar-refractivity contribution in [1.82, 2.24) is 0 Å². The van der Waals surface area contributed by atoms with E-state index in [4.69, 9.17) is 0 Å². The first kappa shape index (κ1) is 10.5. The monoisotopic (exact) mass is 203 g/mol. The summed E-state index contributed by atoms with van der Waals surface area (Å²) in [5.74, 6) is 0.758. The fourth-order valence-corrected chi connectivity index (χ4v) is 2.54. The van der Waals surface area contributed by atoms with Crippen LogP contribution in [-0.2, 0) is 0 Å². The Morgan fingerprint density at radius 3 is 2.47 bits per heavy atom. The van der Waals surface area contributed by atoms with Crippen LogP contribution in [0.15, 0.2) is 24.3 Å². The van der Waals surface area contributed by atoms with Crippen molar-refractivity contribution >= 4 is 5.69 Å². The first-order valence-corrected chi connectivity index (χ1v) is 6.02. The molecule has 1 atom stereocenters. The number of nitrogens with zero attached hydrogens (tertiary/aromatic N) is 1. The number of rotatable bonds is 2. The summed E-state index contributed by atoms with van der Waals surface area (Å²) in [6, 6.07) is 9.69. The third-order valence-electron chi connectivity index (χ3n) is 3.43. The van der Waals surface area contributed by atoms with Gasteiger partial charge in [0.1, 0.15) is 0 Å². The molecule has 82 valence electrons. The lowest BCUT2D eigenvalue weighted by Gasteiger charge is -2.29. The lowest BCUT2D eigenvalue weighted by atomic mass is 10.0. The number of hydrogen-bond acceptors (Lipinski definition) is 1. The van der Waals surface area contributed by atoms with Crippen LogP contribution in [0.4, 0.5) is 5.69 Å². The minimum atomic E-state index is 0.743. The SMILES string of the molecule is Cc1ccc(N2CCCC2C(C)C)cc1. The molecule has 0 amide bonds. The molecule has 1 fully saturated rings. The molecule has 1 aliphatic heterocycles. The van der Waals surface area contributed by atoms with Gasteiger partial charge in [0.2, 0.25) is 0 Å². The van der Waals surface area contributed by atoms with Crippen LogP contribution < -0.4 is 4.90 Å². The van der Waals surface area contributed by atoms with Gasteiger partial charge < -0.3 is 4.90 Å². The van der Waals surface area contributed by atoms with Crippen LogP contribution in [0.2, 0.25) is 0 Å². The fourth-order valence-electron chi connectivity index (χ4n) is 2.54. The number of aryl methyl sites for hydroxylation is 1. The third kappa shape index (κ3) is 2.17. The van der Waals surface area contributed by atoms with Crippen LogP contribution in [0, 0.1) is 12.8 Å². The molecular weight excluding hydrogens is 182 g/mol. The summed E-state index contributed by atoms with van der Waals surface area (Å²) in [6.45, 7) is 8.04. The van der Waals surface area contributed by atoms with E-state index in [-0.39, 0.29) is 0 Å². The average Bonchev–Trinajstić information content (AvgIpc) is 2.67. The van der Waals surface area contributed by atoms with Gasteiger partial charge in [-0.2, -0.15) is 0 Å². The highest BCUT2D eigenvalue weighted by Gasteiger charge is 2.26. The van der Waals surface area contributed by atoms with Gasteiger partial charge in [-0.3, -0.25) is 0 Å². The van der Waals surface area contributed by atoms with Crippen LogP contribution in [0.25, 0.3) is 0 Å². The first-order chi connectivity index (χ1) is 7.18. The van der Waals surface area contributed by atoms with Crippen LogP contribution in [0.1, 0.15) is 32.3 Å². The third-order valence-corrected chi connectivity index (χ3v) is 3.43. The van der Waals surface area contributed by atoms with Crippen molar-refractivity contribution in [1.29, 1.82) is 0 Å². The Balaban J connectivity index is 2.19. The van der Waals surface area contributed by atoms with E-state index in [1.54, 1.807) is 0 Å². The molecule has 1 aliphatic rings. The molecule has 2 rings (SSSR count). The van der Waals surface area contributed by atoms with Crippen LogP contribution in [0.3, 0.4) is 0 Å². The minimum Gasteiger partial charge on any atom is -0.368 e. The molecule has 0 bridgehead atoms. The molecule has 1 nitrogen and oxygen atoms in total. The lowest BCUT2D eigenvalue weighted by Crippen LogP contribution is -2.33. The van der Waals surface area contributed by atoms with Crippen molar-refractivity contribution in [2.75, 3.05) is 11.4 Å². The summed E-state index contributed by atoms with van der Waals surface area (Å²) in [5.41, 5.74) is 2.75. The zero-order valence-electron chi connectivity index (χ0n) is 10.0. The van der Waals surface area contributed by atoms with E-state index in [1.807, 2.05) is 0 Å². The molecular formula is C14H21N. The van der Waals surface area contributed by atoms with Crippen LogP contribution in [0.5, 0.6) is 0 Å². The highest BCUT2D eigenvalue weighted by atomic mass is 15.2. The molecule has 0 aromatic heterocycles. The molecule has 0 radical (unpaired) electrons. The van der Waals surface area contributed by atoms with Gasteiger partial charge in [-0.15, -0.1) is 0 Å². The Labute approximate surface area is 93.1 Å². The summed E-state index contributed by atoms with van der Waals surface area (Å²) in [4.78, 5) is 2.57. The molecule has 15 heavy (non-hydrogen) atoms. The van der Waals surface area contributed by atoms with E-state index in [2.05, 4.69) is 49.9 Å². The highest BCUT2D eigenvalue weighted by Crippen LogP contribution is 2.29. The van der Waals surface area contributed by atoms with E-state index in [0.717, 1.165) is 12.0 Å². The quantitative estimate of drug-likeness (QED) is 0.709. The van der Waals surface area contributed by atoms with Crippen molar-refractivity contribution in [3.63, 3.8) is 0 Å². The molecule has 1 aromatic carbocycles. The van der Waals surface area contributed by atoms with Gasteiger partial charge in [-0.1, -0.05) is 31.5 Å². The second kappa shape index (κ2) is 4.26. The maximum absolute atomic E-state index is 2.57. The normalized spacial score (nSPS) is 21.3. The summed E-state index contributed by atoms with van der Waals surface area (Å²) in [6.07, 6.45) is 2.70. The number of hydrogen-bond donors (Lipinski definition) is 0. The van der Waals surface area contributed by atoms with E-state index in [1.165, 1.54) is 30.6 Å². The summed E-state index contributed by atoms with van der Waals surface area (Å²) in [5, 5.41) is 0. The van der Waals surface area contributed by atoms with E-state index < -0.39 is 0 Å². The van der Waals surface area contributed by atoms with Gasteiger partial charge in [-0.05, 0) is 37.8 Å². The standard InChI is InChI=1S/C14H21N/c1-11(2)14-5-4-10-15(14)13-8-6-12(3)7-9-13/h6-9,11,14H,4-5,10H2,1-3H3. The van der Waals surface area contributed by atoms with Crippen molar-refractivity contribution in [3.05, 3.63) is 29.8 Å². The molecule has 1 unspecified atom stereocenters. The Kier molecular flexibility index (Phi) is 2.99. The smallest absolute Gasteiger partial charge is 0.0368 e. The van der Waals surface area contributed by atoms with Crippen molar-refractivity contribution in [2.24, 2.45) is 5.92 Å². The maximum Gasteiger partial charge on any atom is 0.0368 e. The van der Waals surface area contributed by atoms with Crippen molar-refractivity contribution in [3.8, 4) is 0 Å². The topological polar surface area (TPSA) is 3.24 Å². The van der Waals surface area contributed by atoms with Gasteiger partial charge in [0.25, 0.3) is 0 Å². The predicted molar refractivity (Wildman–Crippen MR) is 66.4 cm³/mol. The van der Waals surface area contributed by atoms with Gasteiger partial charge >= 0.3 is 0 Å². The Hall–Kier alpha value is -0.980. The number of anilines is 1. The van der Waals surface area contributed by atoms with E-state index >= 15 is 0 Å². The van der Waals surface area contributed by atoms with E-state index in [9.17, 15) is 0 Å². The highest BCUT2D eigenvalue weighted by molar-refractivity contribution is 5.49. The Morgan fingerprint density at radius 2 is 1.87 bits per heavy atom. The Morgan fingerprint density at radius 1 is 1.20 bits per heavy atom. The largest absolute Gasteiger partial charge is 0.368 e. The first-order valence-electron chi connectivity index (χ1n) is 6.02. The van der Waals surface area contributed by atoms with Crippen LogP contribution in [-0.4, -0.2) is 12.6 Å². The molecule has 1 heteroatoms. The minimum absolute atomic E-state index is 0.743. The zero-order valence-corrected chi connectivity index (χ0v) is 10.0. The second-order valence-corrected chi connectivity index (χ2v) is 4.98. The van der Waals surface area contributed by atoms with E-state index in [0.29, 0.717) is 0 Å². The van der Waals surface area contributed by atoms with Crippen molar-refractivity contribution in [2.45, 2.75) is 39.7 Å². The Bertz CT molecular complexity index is 313. The average molecular weight is 203 g/mol. The molecule has 0 N–H and O–H groups in total. The molecule has 0 saturated carbocycles.